The number of carbonyl (C=O) groups excluding carboxylic acids is 1. The molecule has 0 aromatic carbocycles. The summed E-state index contributed by atoms with van der Waals surface area (Å²) in [5.41, 5.74) is 1.97. The molecule has 0 unspecified atom stereocenters. The van der Waals surface area contributed by atoms with E-state index in [1.165, 1.54) is 13.3 Å². The molecule has 0 spiro atoms. The highest BCUT2D eigenvalue weighted by Gasteiger charge is 2.16. The van der Waals surface area contributed by atoms with Gasteiger partial charge in [0.15, 0.2) is 5.78 Å². The van der Waals surface area contributed by atoms with E-state index >= 15 is 0 Å². The van der Waals surface area contributed by atoms with Gasteiger partial charge in [-0.1, -0.05) is 0 Å². The first kappa shape index (κ1) is 11.3. The quantitative estimate of drug-likeness (QED) is 0.754. The van der Waals surface area contributed by atoms with Crippen LogP contribution in [0.15, 0.2) is 36.9 Å². The summed E-state index contributed by atoms with van der Waals surface area (Å²) in [6, 6.07) is 3.45. The van der Waals surface area contributed by atoms with Crippen molar-refractivity contribution in [1.29, 1.82) is 0 Å². The molecule has 4 nitrogen and oxygen atoms in total. The molecule has 0 radical (unpaired) electrons. The van der Waals surface area contributed by atoms with Gasteiger partial charge < -0.3 is 4.74 Å². The lowest BCUT2D eigenvalue weighted by Gasteiger charge is -2.07. The van der Waals surface area contributed by atoms with E-state index in [2.05, 4.69) is 9.97 Å². The Hall–Kier alpha value is -2.23. The molecule has 17 heavy (non-hydrogen) atoms. The molecule has 0 atom stereocenters. The van der Waals surface area contributed by atoms with Gasteiger partial charge in [-0.15, -0.1) is 0 Å². The van der Waals surface area contributed by atoms with Crippen LogP contribution in [0.4, 0.5) is 0 Å². The second kappa shape index (κ2) is 4.74. The third-order valence-corrected chi connectivity index (χ3v) is 2.53. The smallest absolute Gasteiger partial charge is 0.198 e. The first-order chi connectivity index (χ1) is 8.24. The van der Waals surface area contributed by atoms with Crippen molar-refractivity contribution in [3.8, 4) is 5.75 Å². The summed E-state index contributed by atoms with van der Waals surface area (Å²) in [7, 11) is 1.52. The molecule has 2 aromatic heterocycles. The Bertz CT molecular complexity index is 553. The van der Waals surface area contributed by atoms with E-state index in [9.17, 15) is 4.79 Å². The van der Waals surface area contributed by atoms with Crippen LogP contribution in [0, 0.1) is 6.92 Å². The maximum atomic E-state index is 12.3. The van der Waals surface area contributed by atoms with Crippen LogP contribution in [-0.2, 0) is 0 Å². The number of rotatable bonds is 3. The van der Waals surface area contributed by atoms with Gasteiger partial charge in [0.05, 0.1) is 18.9 Å². The normalized spacial score (nSPS) is 10.0. The fourth-order valence-corrected chi connectivity index (χ4v) is 1.58. The van der Waals surface area contributed by atoms with E-state index in [1.54, 1.807) is 30.7 Å². The van der Waals surface area contributed by atoms with Crippen LogP contribution in [0.1, 0.15) is 21.5 Å². The van der Waals surface area contributed by atoms with Gasteiger partial charge in [0.2, 0.25) is 0 Å². The predicted molar refractivity (Wildman–Crippen MR) is 63.2 cm³/mol. The van der Waals surface area contributed by atoms with Crippen LogP contribution in [-0.4, -0.2) is 22.9 Å². The van der Waals surface area contributed by atoms with Gasteiger partial charge >= 0.3 is 0 Å². The summed E-state index contributed by atoms with van der Waals surface area (Å²) < 4.78 is 5.12. The van der Waals surface area contributed by atoms with E-state index in [1.807, 2.05) is 6.92 Å². The molecule has 4 heteroatoms. The van der Waals surface area contributed by atoms with Crippen LogP contribution in [0.2, 0.25) is 0 Å². The second-order valence-electron chi connectivity index (χ2n) is 3.60. The predicted octanol–water partition coefficient (Wildman–Crippen LogP) is 2.02. The number of methoxy groups -OCH3 is 1. The van der Waals surface area contributed by atoms with E-state index in [0.717, 1.165) is 5.56 Å². The Morgan fingerprint density at radius 3 is 2.53 bits per heavy atom. The molecule has 0 aliphatic rings. The molecule has 0 saturated heterocycles. The first-order valence-corrected chi connectivity index (χ1v) is 5.17. The van der Waals surface area contributed by atoms with Crippen molar-refractivity contribution in [3.05, 3.63) is 53.6 Å². The fourth-order valence-electron chi connectivity index (χ4n) is 1.58. The number of nitrogens with zero attached hydrogens (tertiary/aromatic N) is 2. The summed E-state index contributed by atoms with van der Waals surface area (Å²) in [6.07, 6.45) is 6.33. The summed E-state index contributed by atoms with van der Waals surface area (Å²) in [4.78, 5) is 20.2. The second-order valence-corrected chi connectivity index (χ2v) is 3.60. The summed E-state index contributed by atoms with van der Waals surface area (Å²) >= 11 is 0. The number of aryl methyl sites for hydroxylation is 1. The van der Waals surface area contributed by atoms with Gasteiger partial charge in [0.25, 0.3) is 0 Å². The molecule has 0 aliphatic heterocycles. The number of pyridine rings is 2. The van der Waals surface area contributed by atoms with Gasteiger partial charge in [-0.3, -0.25) is 14.8 Å². The zero-order valence-corrected chi connectivity index (χ0v) is 9.68. The van der Waals surface area contributed by atoms with E-state index in [4.69, 9.17) is 4.74 Å². The average Bonchev–Trinajstić information content (AvgIpc) is 2.38. The first-order valence-electron chi connectivity index (χ1n) is 5.17. The van der Waals surface area contributed by atoms with Gasteiger partial charge in [-0.05, 0) is 24.6 Å². The number of aromatic nitrogens is 2. The fraction of sp³-hybridized carbons (Fsp3) is 0.154. The lowest BCUT2D eigenvalue weighted by molar-refractivity contribution is 0.103. The molecule has 0 N–H and O–H groups in total. The highest BCUT2D eigenvalue weighted by molar-refractivity contribution is 6.11. The molecule has 0 saturated carbocycles. The molecule has 0 fully saturated rings. The van der Waals surface area contributed by atoms with Gasteiger partial charge in [0, 0.05) is 24.2 Å². The Morgan fingerprint density at radius 1 is 1.12 bits per heavy atom. The van der Waals surface area contributed by atoms with Crippen molar-refractivity contribution >= 4 is 5.78 Å². The molecule has 0 bridgehead atoms. The Kier molecular flexibility index (Phi) is 3.14. The van der Waals surface area contributed by atoms with Crippen LogP contribution < -0.4 is 4.74 Å². The number of hydrogen-bond acceptors (Lipinski definition) is 4. The molecule has 2 heterocycles. The zero-order chi connectivity index (χ0) is 12.3. The van der Waals surface area contributed by atoms with Crippen molar-refractivity contribution in [2.24, 2.45) is 0 Å². The number of ketones is 1. The van der Waals surface area contributed by atoms with Crippen LogP contribution >= 0.6 is 0 Å². The zero-order valence-electron chi connectivity index (χ0n) is 9.68. The lowest BCUT2D eigenvalue weighted by atomic mass is 10.0. The molecule has 86 valence electrons. The SMILES string of the molecule is COc1cnccc1C(=O)c1cnccc1C. The maximum Gasteiger partial charge on any atom is 0.198 e. The molecular weight excluding hydrogens is 216 g/mol. The minimum absolute atomic E-state index is 0.102. The molecule has 0 aliphatic carbocycles. The van der Waals surface area contributed by atoms with Crippen LogP contribution in [0.25, 0.3) is 0 Å². The third kappa shape index (κ3) is 2.15. The van der Waals surface area contributed by atoms with Gasteiger partial charge in [-0.25, -0.2) is 0 Å². The average molecular weight is 228 g/mol. The summed E-state index contributed by atoms with van der Waals surface area (Å²) in [6.45, 7) is 1.88. The summed E-state index contributed by atoms with van der Waals surface area (Å²) in [5.74, 6) is 0.371. The van der Waals surface area contributed by atoms with Gasteiger partial charge in [-0.2, -0.15) is 0 Å². The third-order valence-electron chi connectivity index (χ3n) is 2.53. The van der Waals surface area contributed by atoms with Crippen LogP contribution in [0.3, 0.4) is 0 Å². The number of ether oxygens (including phenoxy) is 1. The van der Waals surface area contributed by atoms with Crippen molar-refractivity contribution in [1.82, 2.24) is 9.97 Å². The van der Waals surface area contributed by atoms with Crippen LogP contribution in [0.5, 0.6) is 5.75 Å². The Balaban J connectivity index is 2.48. The van der Waals surface area contributed by atoms with E-state index in [0.29, 0.717) is 16.9 Å². The minimum atomic E-state index is -0.102. The number of hydrogen-bond donors (Lipinski definition) is 0. The van der Waals surface area contributed by atoms with Crippen molar-refractivity contribution < 1.29 is 9.53 Å². The van der Waals surface area contributed by atoms with Gasteiger partial charge in [0.1, 0.15) is 5.75 Å². The lowest BCUT2D eigenvalue weighted by Crippen LogP contribution is -2.06. The molecule has 0 amide bonds. The topological polar surface area (TPSA) is 52.1 Å². The Morgan fingerprint density at radius 2 is 1.82 bits per heavy atom. The highest BCUT2D eigenvalue weighted by Crippen LogP contribution is 2.20. The van der Waals surface area contributed by atoms with Crippen molar-refractivity contribution in [3.63, 3.8) is 0 Å². The standard InChI is InChI=1S/C13H12N2O2/c1-9-3-5-14-7-11(9)13(16)10-4-6-15-8-12(10)17-2/h3-8H,1-2H3. The number of carbonyl (C=O) groups is 1. The maximum absolute atomic E-state index is 12.3. The highest BCUT2D eigenvalue weighted by atomic mass is 16.5. The molecular formula is C13H12N2O2. The summed E-state index contributed by atoms with van der Waals surface area (Å²) in [5, 5.41) is 0. The largest absolute Gasteiger partial charge is 0.494 e. The van der Waals surface area contributed by atoms with Crippen molar-refractivity contribution in [2.75, 3.05) is 7.11 Å². The molecule has 2 rings (SSSR count). The van der Waals surface area contributed by atoms with E-state index < -0.39 is 0 Å². The monoisotopic (exact) mass is 228 g/mol. The molecule has 2 aromatic rings. The Labute approximate surface area is 99.3 Å². The minimum Gasteiger partial charge on any atom is -0.494 e. The van der Waals surface area contributed by atoms with Crippen molar-refractivity contribution in [2.45, 2.75) is 6.92 Å². The van der Waals surface area contributed by atoms with E-state index in [-0.39, 0.29) is 5.78 Å².